The summed E-state index contributed by atoms with van der Waals surface area (Å²) >= 11 is 0. The third-order valence-corrected chi connectivity index (χ3v) is 10.1. The quantitative estimate of drug-likeness (QED) is 0.169. The Morgan fingerprint density at radius 1 is 0.771 bits per heavy atom. The molecule has 0 N–H and O–H groups in total. The van der Waals surface area contributed by atoms with E-state index >= 15 is 0 Å². The summed E-state index contributed by atoms with van der Waals surface area (Å²) in [5, 5.41) is 0. The first kappa shape index (κ1) is 33.0. The second kappa shape index (κ2) is 15.3. The third-order valence-electron chi connectivity index (χ3n) is 10.1. The van der Waals surface area contributed by atoms with Crippen LogP contribution in [0.25, 0.3) is 11.6 Å². The number of nitrogens with zero attached hydrogens (tertiary/aromatic N) is 1. The van der Waals surface area contributed by atoms with E-state index in [-0.39, 0.29) is 0 Å². The van der Waals surface area contributed by atoms with Crippen molar-refractivity contribution in [1.29, 1.82) is 0 Å². The van der Waals surface area contributed by atoms with Crippen molar-refractivity contribution in [2.45, 2.75) is 71.3 Å². The van der Waals surface area contributed by atoms with Crippen molar-refractivity contribution in [3.63, 3.8) is 0 Å². The van der Waals surface area contributed by atoms with E-state index in [4.69, 9.17) is 0 Å². The van der Waals surface area contributed by atoms with E-state index in [1.54, 1.807) is 0 Å². The average molecular weight is 628 g/mol. The highest BCUT2D eigenvalue weighted by Gasteiger charge is 2.23. The van der Waals surface area contributed by atoms with Gasteiger partial charge in [0.25, 0.3) is 0 Å². The van der Waals surface area contributed by atoms with Crippen LogP contribution in [0, 0.1) is 13.8 Å². The van der Waals surface area contributed by atoms with E-state index in [1.807, 2.05) is 6.08 Å². The van der Waals surface area contributed by atoms with Gasteiger partial charge in [0.05, 0.1) is 6.04 Å². The second-order valence-corrected chi connectivity index (χ2v) is 13.7. The number of aryl methyl sites for hydroxylation is 2. The molecule has 0 radical (unpaired) electrons. The molecule has 3 atom stereocenters. The molecule has 4 aromatic carbocycles. The first-order valence-corrected chi connectivity index (χ1v) is 17.5. The molecule has 0 amide bonds. The minimum Gasteiger partial charge on any atom is -0.338 e. The van der Waals surface area contributed by atoms with Gasteiger partial charge in [0.15, 0.2) is 0 Å². The van der Waals surface area contributed by atoms with Crippen molar-refractivity contribution < 1.29 is 0 Å². The smallest absolute Gasteiger partial charge is 0.0525 e. The van der Waals surface area contributed by atoms with Crippen LogP contribution >= 0.6 is 0 Å². The van der Waals surface area contributed by atoms with E-state index in [2.05, 4.69) is 179 Å². The Hall–Kier alpha value is -4.88. The van der Waals surface area contributed by atoms with Crippen LogP contribution in [0.2, 0.25) is 0 Å². The lowest BCUT2D eigenvalue weighted by atomic mass is 9.78. The largest absolute Gasteiger partial charge is 0.338 e. The molecule has 0 aromatic heterocycles. The highest BCUT2D eigenvalue weighted by molar-refractivity contribution is 5.76. The zero-order valence-electron chi connectivity index (χ0n) is 29.1. The van der Waals surface area contributed by atoms with Crippen molar-refractivity contribution in [1.82, 2.24) is 0 Å². The Morgan fingerprint density at radius 3 is 2.12 bits per heavy atom. The Balaban J connectivity index is 1.26. The molecule has 0 aliphatic heterocycles. The summed E-state index contributed by atoms with van der Waals surface area (Å²) in [4.78, 5) is 2.55. The molecule has 1 heteroatoms. The van der Waals surface area contributed by atoms with Crippen LogP contribution in [0.15, 0.2) is 157 Å². The van der Waals surface area contributed by atoms with E-state index < -0.39 is 0 Å². The van der Waals surface area contributed by atoms with Gasteiger partial charge in [0.1, 0.15) is 0 Å². The summed E-state index contributed by atoms with van der Waals surface area (Å²) in [7, 11) is 0. The first-order chi connectivity index (χ1) is 23.4. The molecule has 2 aliphatic carbocycles. The number of rotatable bonds is 10. The predicted molar refractivity (Wildman–Crippen MR) is 208 cm³/mol. The summed E-state index contributed by atoms with van der Waals surface area (Å²) < 4.78 is 0. The molecule has 242 valence electrons. The fourth-order valence-corrected chi connectivity index (χ4v) is 7.03. The normalized spacial score (nSPS) is 17.3. The SMILES string of the molecule is C=Cc1ccc(C(Cc2ccc(C)cc2)C(C)c2ccc(C3=CC=C(N(c4ccc(C)cc4)C4C=CC=C(C)CC4)CC=C3)cc2)cc1. The topological polar surface area (TPSA) is 3.24 Å². The number of hydrogen-bond donors (Lipinski definition) is 0. The van der Waals surface area contributed by atoms with Crippen molar-refractivity contribution in [2.24, 2.45) is 0 Å². The van der Waals surface area contributed by atoms with E-state index in [1.165, 1.54) is 55.9 Å². The fourth-order valence-electron chi connectivity index (χ4n) is 7.03. The third kappa shape index (κ3) is 7.97. The van der Waals surface area contributed by atoms with Crippen LogP contribution in [0.5, 0.6) is 0 Å². The minimum absolute atomic E-state index is 0.317. The molecule has 0 bridgehead atoms. The maximum absolute atomic E-state index is 3.95. The van der Waals surface area contributed by atoms with Crippen molar-refractivity contribution in [2.75, 3.05) is 4.90 Å². The van der Waals surface area contributed by atoms with Gasteiger partial charge in [-0.25, -0.2) is 0 Å². The lowest BCUT2D eigenvalue weighted by Gasteiger charge is -2.34. The Morgan fingerprint density at radius 2 is 1.44 bits per heavy atom. The van der Waals surface area contributed by atoms with Gasteiger partial charge in [-0.3, -0.25) is 0 Å². The highest BCUT2D eigenvalue weighted by atomic mass is 15.2. The van der Waals surface area contributed by atoms with Gasteiger partial charge < -0.3 is 4.90 Å². The second-order valence-electron chi connectivity index (χ2n) is 13.7. The lowest BCUT2D eigenvalue weighted by molar-refractivity contribution is 0.572. The lowest BCUT2D eigenvalue weighted by Crippen LogP contribution is -2.33. The molecule has 0 saturated carbocycles. The van der Waals surface area contributed by atoms with E-state index in [0.717, 1.165) is 31.2 Å². The minimum atomic E-state index is 0.317. The molecule has 6 rings (SSSR count). The fraction of sp³-hybridized carbons (Fsp3) is 0.234. The van der Waals surface area contributed by atoms with Gasteiger partial charge in [-0.15, -0.1) is 0 Å². The monoisotopic (exact) mass is 627 g/mol. The van der Waals surface area contributed by atoms with Crippen LogP contribution in [-0.2, 0) is 6.42 Å². The molecular weight excluding hydrogens is 579 g/mol. The van der Waals surface area contributed by atoms with Crippen LogP contribution in [-0.4, -0.2) is 6.04 Å². The Labute approximate surface area is 289 Å². The molecule has 0 spiro atoms. The number of benzene rings is 4. The standard InChI is InChI=1S/C47H49N/c1-6-38-20-22-43(23-21-38)47(33-39-18-13-35(3)14-19-39)37(5)40-24-26-42(27-25-40)41-10-8-12-45(32-28-41)48(46-30-16-36(4)17-31-46)44-11-7-9-34(2)15-29-44/h6-11,13-14,16-28,30-32,37,44,47H,1,12,15,29,33H2,2-5H3. The summed E-state index contributed by atoms with van der Waals surface area (Å²) in [6.07, 6.45) is 22.2. The number of hydrogen-bond acceptors (Lipinski definition) is 1. The Kier molecular flexibility index (Phi) is 10.6. The van der Waals surface area contributed by atoms with Gasteiger partial charge in [-0.05, 0) is 103 Å². The van der Waals surface area contributed by atoms with E-state index in [9.17, 15) is 0 Å². The molecule has 4 aromatic rings. The molecule has 0 saturated heterocycles. The van der Waals surface area contributed by atoms with Gasteiger partial charge in [0.2, 0.25) is 0 Å². The summed E-state index contributed by atoms with van der Waals surface area (Å²) in [5.41, 5.74) is 14.4. The maximum atomic E-state index is 3.95. The number of anilines is 1. The predicted octanol–water partition coefficient (Wildman–Crippen LogP) is 12.5. The molecule has 0 heterocycles. The maximum Gasteiger partial charge on any atom is 0.0525 e. The zero-order chi connectivity index (χ0) is 33.5. The first-order valence-electron chi connectivity index (χ1n) is 17.5. The molecular formula is C47H49N. The number of allylic oxidation sites excluding steroid dienone is 8. The van der Waals surface area contributed by atoms with Crippen molar-refractivity contribution in [3.8, 4) is 0 Å². The summed E-state index contributed by atoms with van der Waals surface area (Å²) in [6.45, 7) is 12.9. The summed E-state index contributed by atoms with van der Waals surface area (Å²) in [6, 6.07) is 36.6. The molecule has 2 aliphatic rings. The zero-order valence-corrected chi connectivity index (χ0v) is 29.1. The highest BCUT2D eigenvalue weighted by Crippen LogP contribution is 2.37. The Bertz CT molecular complexity index is 1840. The van der Waals surface area contributed by atoms with Gasteiger partial charge in [0, 0.05) is 17.8 Å². The summed E-state index contributed by atoms with van der Waals surface area (Å²) in [5.74, 6) is 0.721. The van der Waals surface area contributed by atoms with Gasteiger partial charge in [-0.1, -0.05) is 158 Å². The van der Waals surface area contributed by atoms with Gasteiger partial charge in [-0.2, -0.15) is 0 Å². The molecule has 48 heavy (non-hydrogen) atoms. The van der Waals surface area contributed by atoms with Crippen LogP contribution in [0.3, 0.4) is 0 Å². The average Bonchev–Trinajstić information content (AvgIpc) is 3.49. The molecule has 1 nitrogen and oxygen atoms in total. The van der Waals surface area contributed by atoms with Crippen molar-refractivity contribution >= 4 is 17.3 Å². The van der Waals surface area contributed by atoms with Gasteiger partial charge >= 0.3 is 0 Å². The molecule has 3 unspecified atom stereocenters. The van der Waals surface area contributed by atoms with Crippen LogP contribution in [0.4, 0.5) is 5.69 Å². The van der Waals surface area contributed by atoms with E-state index in [0.29, 0.717) is 17.9 Å². The van der Waals surface area contributed by atoms with Crippen molar-refractivity contribution in [3.05, 3.63) is 196 Å². The molecule has 0 fully saturated rings. The van der Waals surface area contributed by atoms with Crippen LogP contribution in [0.1, 0.15) is 83.9 Å². The van der Waals surface area contributed by atoms with Crippen LogP contribution < -0.4 is 4.90 Å².